The lowest BCUT2D eigenvalue weighted by Crippen LogP contribution is -2.46. The quantitative estimate of drug-likeness (QED) is 0.537. The number of carbonyl (C=O) groups is 2. The Hall–Kier alpha value is -3.45. The molecule has 1 fully saturated rings. The fraction of sp³-hybridized carbons (Fsp3) is 0.370. The molecule has 2 heterocycles. The number of anilines is 2. The molecule has 1 amide bonds. The van der Waals surface area contributed by atoms with Crippen LogP contribution in [0.2, 0.25) is 0 Å². The minimum absolute atomic E-state index is 0.352. The summed E-state index contributed by atoms with van der Waals surface area (Å²) in [6.45, 7) is 10.9. The highest BCUT2D eigenvalue weighted by Gasteiger charge is 2.20. The molecular weight excluding hydrogens is 428 g/mol. The van der Waals surface area contributed by atoms with Crippen molar-refractivity contribution in [1.82, 2.24) is 9.88 Å². The van der Waals surface area contributed by atoms with Gasteiger partial charge in [-0.15, -0.1) is 0 Å². The molecule has 0 aliphatic carbocycles. The number of rotatable bonds is 7. The highest BCUT2D eigenvalue weighted by molar-refractivity contribution is 6.00. The molecule has 0 unspecified atom stereocenters. The Morgan fingerprint density at radius 1 is 1.00 bits per heavy atom. The van der Waals surface area contributed by atoms with Crippen LogP contribution in [0.1, 0.15) is 35.5 Å². The first kappa shape index (κ1) is 23.7. The first-order valence-corrected chi connectivity index (χ1v) is 11.9. The lowest BCUT2D eigenvalue weighted by Gasteiger charge is -2.35. The number of hydrogen-bond donors (Lipinski definition) is 1. The highest BCUT2D eigenvalue weighted by Crippen LogP contribution is 2.24. The Morgan fingerprint density at radius 3 is 2.38 bits per heavy atom. The molecule has 2 aromatic carbocycles. The highest BCUT2D eigenvalue weighted by atomic mass is 16.5. The van der Waals surface area contributed by atoms with Gasteiger partial charge in [-0.2, -0.15) is 0 Å². The Balaban J connectivity index is 1.35. The molecule has 34 heavy (non-hydrogen) atoms. The number of amides is 1. The zero-order valence-corrected chi connectivity index (χ0v) is 20.1. The summed E-state index contributed by atoms with van der Waals surface area (Å²) in [4.78, 5) is 34.7. The fourth-order valence-corrected chi connectivity index (χ4v) is 4.45. The molecule has 3 aromatic rings. The van der Waals surface area contributed by atoms with Gasteiger partial charge in [-0.1, -0.05) is 32.0 Å². The summed E-state index contributed by atoms with van der Waals surface area (Å²) in [6, 6.07) is 15.5. The van der Waals surface area contributed by atoms with Crippen molar-refractivity contribution in [2.24, 2.45) is 0 Å². The van der Waals surface area contributed by atoms with Crippen molar-refractivity contribution in [3.05, 3.63) is 65.4 Å². The van der Waals surface area contributed by atoms with Crippen LogP contribution < -0.4 is 10.2 Å². The maximum atomic E-state index is 12.9. The number of ether oxygens (including phenoxy) is 1. The second-order valence-electron chi connectivity index (χ2n) is 8.52. The summed E-state index contributed by atoms with van der Waals surface area (Å²) < 4.78 is 5.37. The van der Waals surface area contributed by atoms with Crippen LogP contribution in [0, 0.1) is 6.92 Å². The van der Waals surface area contributed by atoms with Gasteiger partial charge in [-0.3, -0.25) is 9.78 Å². The second-order valence-corrected chi connectivity index (χ2v) is 8.52. The van der Waals surface area contributed by atoms with E-state index in [-0.39, 0.29) is 12.5 Å². The van der Waals surface area contributed by atoms with Gasteiger partial charge in [0.15, 0.2) is 6.61 Å². The van der Waals surface area contributed by atoms with Crippen LogP contribution in [0.5, 0.6) is 0 Å². The van der Waals surface area contributed by atoms with Crippen molar-refractivity contribution < 1.29 is 14.3 Å². The van der Waals surface area contributed by atoms with E-state index in [0.717, 1.165) is 54.9 Å². The van der Waals surface area contributed by atoms with E-state index in [2.05, 4.69) is 27.0 Å². The number of nitrogens with one attached hydrogen (secondary N) is 1. The van der Waals surface area contributed by atoms with E-state index in [9.17, 15) is 9.59 Å². The largest absolute Gasteiger partial charge is 0.452 e. The van der Waals surface area contributed by atoms with E-state index in [1.54, 1.807) is 0 Å². The van der Waals surface area contributed by atoms with Crippen LogP contribution in [-0.4, -0.2) is 61.1 Å². The standard InChI is InChI=1S/C27H32N4O3/c1-4-23-26(19(3)22-8-6-7-9-24(22)29-23)27(33)34-18-25(32)28-20-10-12-21(13-11-20)31-16-14-30(5-2)15-17-31/h6-13H,4-5,14-18H2,1-3H3,(H,28,32). The monoisotopic (exact) mass is 460 g/mol. The van der Waals surface area contributed by atoms with Crippen molar-refractivity contribution in [3.8, 4) is 0 Å². The van der Waals surface area contributed by atoms with E-state index >= 15 is 0 Å². The molecule has 1 N–H and O–H groups in total. The predicted molar refractivity (Wildman–Crippen MR) is 136 cm³/mol. The van der Waals surface area contributed by atoms with Gasteiger partial charge >= 0.3 is 5.97 Å². The molecule has 7 nitrogen and oxygen atoms in total. The molecule has 1 aromatic heterocycles. The Bertz CT molecular complexity index is 1170. The van der Waals surface area contributed by atoms with E-state index in [4.69, 9.17) is 4.74 Å². The van der Waals surface area contributed by atoms with Crippen molar-refractivity contribution in [2.75, 3.05) is 49.5 Å². The van der Waals surface area contributed by atoms with Gasteiger partial charge in [0, 0.05) is 42.9 Å². The minimum Gasteiger partial charge on any atom is -0.452 e. The van der Waals surface area contributed by atoms with E-state index in [1.165, 1.54) is 0 Å². The summed E-state index contributed by atoms with van der Waals surface area (Å²) in [7, 11) is 0. The maximum Gasteiger partial charge on any atom is 0.340 e. The lowest BCUT2D eigenvalue weighted by molar-refractivity contribution is -0.119. The summed E-state index contributed by atoms with van der Waals surface area (Å²) in [6.07, 6.45) is 0.599. The molecule has 0 radical (unpaired) electrons. The van der Waals surface area contributed by atoms with Crippen molar-refractivity contribution in [3.63, 3.8) is 0 Å². The van der Waals surface area contributed by atoms with E-state index in [0.29, 0.717) is 23.4 Å². The van der Waals surface area contributed by atoms with Crippen LogP contribution in [0.3, 0.4) is 0 Å². The van der Waals surface area contributed by atoms with Gasteiger partial charge in [0.25, 0.3) is 5.91 Å². The van der Waals surface area contributed by atoms with Crippen molar-refractivity contribution >= 4 is 34.2 Å². The first-order chi connectivity index (χ1) is 16.5. The second kappa shape index (κ2) is 10.7. The molecule has 1 aliphatic rings. The number of benzene rings is 2. The number of aryl methyl sites for hydroxylation is 2. The number of piperazine rings is 1. The topological polar surface area (TPSA) is 74.8 Å². The summed E-state index contributed by atoms with van der Waals surface area (Å²) in [5.41, 5.74) is 4.62. The lowest BCUT2D eigenvalue weighted by atomic mass is 10.0. The molecule has 0 spiro atoms. The third kappa shape index (κ3) is 5.20. The average molecular weight is 461 g/mol. The SMILES string of the molecule is CCc1nc2ccccc2c(C)c1C(=O)OCC(=O)Nc1ccc(N2CCN(CC)CC2)cc1. The van der Waals surface area contributed by atoms with Gasteiger partial charge in [0.2, 0.25) is 0 Å². The molecule has 0 saturated carbocycles. The molecule has 0 atom stereocenters. The van der Waals surface area contributed by atoms with Gasteiger partial charge in [-0.25, -0.2) is 4.79 Å². The van der Waals surface area contributed by atoms with Gasteiger partial charge in [-0.05, 0) is 55.8 Å². The number of fused-ring (bicyclic) bond motifs is 1. The predicted octanol–water partition coefficient (Wildman–Crippen LogP) is 4.04. The number of carbonyl (C=O) groups excluding carboxylic acids is 2. The van der Waals surface area contributed by atoms with Crippen LogP contribution in [0.15, 0.2) is 48.5 Å². The van der Waals surface area contributed by atoms with Crippen molar-refractivity contribution in [2.45, 2.75) is 27.2 Å². The molecule has 178 valence electrons. The molecule has 4 rings (SSSR count). The van der Waals surface area contributed by atoms with Crippen LogP contribution >= 0.6 is 0 Å². The Kier molecular flexibility index (Phi) is 7.43. The average Bonchev–Trinajstić information content (AvgIpc) is 2.87. The van der Waals surface area contributed by atoms with Crippen LogP contribution in [-0.2, 0) is 16.0 Å². The zero-order valence-electron chi connectivity index (χ0n) is 20.1. The summed E-state index contributed by atoms with van der Waals surface area (Å²) in [5, 5.41) is 3.72. The zero-order chi connectivity index (χ0) is 24.1. The number of esters is 1. The number of hydrogen-bond acceptors (Lipinski definition) is 6. The van der Waals surface area contributed by atoms with Crippen LogP contribution in [0.4, 0.5) is 11.4 Å². The van der Waals surface area contributed by atoms with Gasteiger partial charge in [0.1, 0.15) is 0 Å². The number of nitrogens with zero attached hydrogens (tertiary/aromatic N) is 3. The summed E-state index contributed by atoms with van der Waals surface area (Å²) >= 11 is 0. The van der Waals surface area contributed by atoms with Crippen molar-refractivity contribution in [1.29, 1.82) is 0 Å². The Labute approximate surface area is 200 Å². The molecular formula is C27H32N4O3. The minimum atomic E-state index is -0.524. The van der Waals surface area contributed by atoms with Gasteiger partial charge in [0.05, 0.1) is 16.8 Å². The molecule has 0 bridgehead atoms. The number of para-hydroxylation sites is 1. The summed E-state index contributed by atoms with van der Waals surface area (Å²) in [5.74, 6) is -0.897. The number of pyridine rings is 1. The molecule has 1 aliphatic heterocycles. The van der Waals surface area contributed by atoms with E-state index < -0.39 is 5.97 Å². The number of likely N-dealkylation sites (N-methyl/N-ethyl adjacent to an activating group) is 1. The van der Waals surface area contributed by atoms with E-state index in [1.807, 2.05) is 62.4 Å². The number of aromatic nitrogens is 1. The molecule has 7 heteroatoms. The smallest absolute Gasteiger partial charge is 0.340 e. The van der Waals surface area contributed by atoms with Crippen LogP contribution in [0.25, 0.3) is 10.9 Å². The maximum absolute atomic E-state index is 12.9. The Morgan fingerprint density at radius 2 is 1.71 bits per heavy atom. The third-order valence-electron chi connectivity index (χ3n) is 6.44. The third-order valence-corrected chi connectivity index (χ3v) is 6.44. The fourth-order valence-electron chi connectivity index (χ4n) is 4.45. The molecule has 1 saturated heterocycles. The first-order valence-electron chi connectivity index (χ1n) is 11.9. The normalized spacial score (nSPS) is 14.3. The van der Waals surface area contributed by atoms with Gasteiger partial charge < -0.3 is 19.9 Å².